The van der Waals surface area contributed by atoms with Crippen LogP contribution in [0.25, 0.3) is 0 Å². The number of benzene rings is 2. The molecule has 0 aliphatic carbocycles. The third-order valence-corrected chi connectivity index (χ3v) is 5.00. The van der Waals surface area contributed by atoms with E-state index < -0.39 is 5.92 Å². The number of hydrogen-bond acceptors (Lipinski definition) is 7. The number of allylic oxidation sites excluding steroid dienone is 1. The molecule has 7 nitrogen and oxygen atoms in total. The van der Waals surface area contributed by atoms with E-state index in [2.05, 4.69) is 12.6 Å². The lowest BCUT2D eigenvalue weighted by molar-refractivity contribution is 0.174. The fourth-order valence-corrected chi connectivity index (χ4v) is 3.76. The highest BCUT2D eigenvalue weighted by atomic mass is 35.5. The van der Waals surface area contributed by atoms with E-state index in [1.54, 1.807) is 30.3 Å². The lowest BCUT2D eigenvalue weighted by Gasteiger charge is -2.27. The molecule has 8 heteroatoms. The van der Waals surface area contributed by atoms with Gasteiger partial charge < -0.3 is 29.4 Å². The Hall–Kier alpha value is -3.50. The number of nitrogens with zero attached hydrogens (tertiary/aromatic N) is 1. The lowest BCUT2D eigenvalue weighted by atomic mass is 9.83. The monoisotopic (exact) mass is 426 g/mol. The van der Waals surface area contributed by atoms with Gasteiger partial charge in [0.25, 0.3) is 0 Å². The summed E-state index contributed by atoms with van der Waals surface area (Å²) in [4.78, 5) is 0. The number of hydrogen-bond donors (Lipinski definition) is 1. The maximum Gasteiger partial charge on any atom is 0.231 e. The first-order valence-electron chi connectivity index (χ1n) is 9.28. The minimum atomic E-state index is -0.529. The second-order valence-corrected chi connectivity index (χ2v) is 6.94. The van der Waals surface area contributed by atoms with Gasteiger partial charge in [0.1, 0.15) is 24.0 Å². The van der Waals surface area contributed by atoms with Crippen molar-refractivity contribution in [3.8, 4) is 34.8 Å². The molecule has 30 heavy (non-hydrogen) atoms. The van der Waals surface area contributed by atoms with Gasteiger partial charge in [0.2, 0.25) is 12.7 Å². The van der Waals surface area contributed by atoms with Crippen LogP contribution in [0.2, 0.25) is 5.02 Å². The Kier molecular flexibility index (Phi) is 5.34. The van der Waals surface area contributed by atoms with Gasteiger partial charge in [-0.15, -0.1) is 0 Å². The Bertz CT molecular complexity index is 1090. The van der Waals surface area contributed by atoms with Crippen LogP contribution in [0.1, 0.15) is 24.0 Å². The lowest BCUT2D eigenvalue weighted by Crippen LogP contribution is -2.21. The van der Waals surface area contributed by atoms with Gasteiger partial charge in [-0.05, 0) is 30.7 Å². The average Bonchev–Trinajstić information content (AvgIpc) is 3.18. The van der Waals surface area contributed by atoms with Crippen LogP contribution in [0.5, 0.6) is 28.7 Å². The third-order valence-electron chi connectivity index (χ3n) is 4.72. The van der Waals surface area contributed by atoms with Crippen LogP contribution in [-0.4, -0.2) is 20.0 Å². The van der Waals surface area contributed by atoms with Gasteiger partial charge >= 0.3 is 0 Å². The first-order valence-corrected chi connectivity index (χ1v) is 9.66. The van der Waals surface area contributed by atoms with Crippen LogP contribution in [-0.2, 0) is 0 Å². The molecule has 4 rings (SSSR count). The van der Waals surface area contributed by atoms with Crippen LogP contribution in [0, 0.1) is 11.3 Å². The third kappa shape index (κ3) is 3.36. The van der Waals surface area contributed by atoms with Crippen LogP contribution >= 0.6 is 11.6 Å². The molecule has 0 radical (unpaired) electrons. The van der Waals surface area contributed by atoms with Crippen molar-refractivity contribution in [2.24, 2.45) is 5.73 Å². The second kappa shape index (κ2) is 8.09. The highest BCUT2D eigenvalue weighted by Gasteiger charge is 2.34. The zero-order valence-corrected chi connectivity index (χ0v) is 17.0. The van der Waals surface area contributed by atoms with Crippen LogP contribution in [0.4, 0.5) is 0 Å². The number of ether oxygens (including phenoxy) is 5. The summed E-state index contributed by atoms with van der Waals surface area (Å²) >= 11 is 6.53. The Labute approximate surface area is 178 Å². The molecule has 154 valence electrons. The number of rotatable bonds is 6. The topological polar surface area (TPSA) is 96.0 Å². The summed E-state index contributed by atoms with van der Waals surface area (Å²) in [7, 11) is 0. The number of fused-ring (bicyclic) bond motifs is 2. The summed E-state index contributed by atoms with van der Waals surface area (Å²) in [6.07, 6.45) is 1.62. The molecule has 2 aliphatic heterocycles. The van der Waals surface area contributed by atoms with Gasteiger partial charge in [0.05, 0.1) is 17.5 Å². The highest BCUT2D eigenvalue weighted by Crippen LogP contribution is 2.49. The van der Waals surface area contributed by atoms with Crippen molar-refractivity contribution in [2.45, 2.75) is 12.8 Å². The molecule has 1 unspecified atom stereocenters. The predicted molar refractivity (Wildman–Crippen MR) is 110 cm³/mol. The Morgan fingerprint density at radius 1 is 1.23 bits per heavy atom. The van der Waals surface area contributed by atoms with Crippen LogP contribution < -0.4 is 29.4 Å². The van der Waals surface area contributed by atoms with Crippen molar-refractivity contribution in [3.05, 3.63) is 64.5 Å². The Morgan fingerprint density at radius 3 is 2.70 bits per heavy atom. The van der Waals surface area contributed by atoms with E-state index in [9.17, 15) is 5.26 Å². The Morgan fingerprint density at radius 2 is 2.00 bits per heavy atom. The molecule has 0 fully saturated rings. The normalized spacial score (nSPS) is 16.4. The van der Waals surface area contributed by atoms with E-state index in [4.69, 9.17) is 41.0 Å². The molecule has 0 aromatic heterocycles. The fourth-order valence-electron chi connectivity index (χ4n) is 3.49. The molecular weight excluding hydrogens is 408 g/mol. The molecule has 0 spiro atoms. The molecular formula is C22H19ClN2O5. The van der Waals surface area contributed by atoms with Crippen molar-refractivity contribution < 1.29 is 23.7 Å². The molecule has 0 bridgehead atoms. The van der Waals surface area contributed by atoms with Gasteiger partial charge in [0.15, 0.2) is 23.0 Å². The first kappa shape index (κ1) is 19.8. The maximum atomic E-state index is 9.80. The SMILES string of the molecule is C=CCOc1c(Cl)cc(C2C(C#N)=C(N)Oc3cc4c(cc32)OCO4)cc1OCC. The highest BCUT2D eigenvalue weighted by molar-refractivity contribution is 6.32. The van der Waals surface area contributed by atoms with Crippen molar-refractivity contribution in [3.63, 3.8) is 0 Å². The van der Waals surface area contributed by atoms with Gasteiger partial charge in [-0.25, -0.2) is 0 Å². The van der Waals surface area contributed by atoms with Crippen LogP contribution in [0.15, 0.2) is 48.4 Å². The summed E-state index contributed by atoms with van der Waals surface area (Å²) < 4.78 is 28.1. The van der Waals surface area contributed by atoms with E-state index in [1.807, 2.05) is 6.92 Å². The zero-order chi connectivity index (χ0) is 21.3. The average molecular weight is 427 g/mol. The largest absolute Gasteiger partial charge is 0.490 e. The van der Waals surface area contributed by atoms with E-state index in [-0.39, 0.29) is 24.9 Å². The molecule has 2 aromatic carbocycles. The summed E-state index contributed by atoms with van der Waals surface area (Å²) in [6.45, 7) is 6.32. The maximum absolute atomic E-state index is 9.80. The molecule has 2 N–H and O–H groups in total. The minimum absolute atomic E-state index is 0.0231. The Balaban J connectivity index is 1.88. The van der Waals surface area contributed by atoms with E-state index in [0.29, 0.717) is 51.5 Å². The molecule has 0 saturated heterocycles. The molecule has 2 aliphatic rings. The summed E-state index contributed by atoms with van der Waals surface area (Å²) in [6, 6.07) is 9.19. The molecule has 2 aromatic rings. The summed E-state index contributed by atoms with van der Waals surface area (Å²) in [5.74, 6) is 1.99. The zero-order valence-electron chi connectivity index (χ0n) is 16.2. The van der Waals surface area contributed by atoms with E-state index in [1.165, 1.54) is 0 Å². The molecule has 1 atom stereocenters. The van der Waals surface area contributed by atoms with E-state index >= 15 is 0 Å². The van der Waals surface area contributed by atoms with Crippen molar-refractivity contribution in [1.29, 1.82) is 5.26 Å². The second-order valence-electron chi connectivity index (χ2n) is 6.53. The molecule has 2 heterocycles. The molecule has 0 saturated carbocycles. The molecule has 0 amide bonds. The van der Waals surface area contributed by atoms with E-state index in [0.717, 1.165) is 0 Å². The smallest absolute Gasteiger partial charge is 0.231 e. The predicted octanol–water partition coefficient (Wildman–Crippen LogP) is 4.25. The van der Waals surface area contributed by atoms with Gasteiger partial charge in [-0.3, -0.25) is 0 Å². The quantitative estimate of drug-likeness (QED) is 0.689. The van der Waals surface area contributed by atoms with Crippen molar-refractivity contribution >= 4 is 11.6 Å². The van der Waals surface area contributed by atoms with Gasteiger partial charge in [0, 0.05) is 11.6 Å². The minimum Gasteiger partial charge on any atom is -0.490 e. The fraction of sp³-hybridized carbons (Fsp3) is 0.227. The number of halogens is 1. The van der Waals surface area contributed by atoms with Crippen molar-refractivity contribution in [1.82, 2.24) is 0 Å². The van der Waals surface area contributed by atoms with Crippen LogP contribution in [0.3, 0.4) is 0 Å². The first-order chi connectivity index (χ1) is 14.6. The van der Waals surface area contributed by atoms with Gasteiger partial charge in [-0.1, -0.05) is 24.3 Å². The number of nitriles is 1. The standard InChI is InChI=1S/C22H19ClN2O5/c1-3-5-27-21-15(23)6-12(7-19(21)26-4-2)20-13-8-17-18(29-11-28-17)9-16(13)30-22(25)14(20)10-24/h3,6-9,20H,1,4-5,11,25H2,2H3. The van der Waals surface area contributed by atoms with Gasteiger partial charge in [-0.2, -0.15) is 5.26 Å². The number of nitrogens with two attached hydrogens (primary N) is 1. The summed E-state index contributed by atoms with van der Waals surface area (Å²) in [5, 5.41) is 10.2. The summed E-state index contributed by atoms with van der Waals surface area (Å²) in [5.41, 5.74) is 7.75. The van der Waals surface area contributed by atoms with Crippen molar-refractivity contribution in [2.75, 3.05) is 20.0 Å².